The van der Waals surface area contributed by atoms with Gasteiger partial charge in [-0.1, -0.05) is 0 Å². The summed E-state index contributed by atoms with van der Waals surface area (Å²) >= 11 is 0. The lowest BCUT2D eigenvalue weighted by molar-refractivity contribution is 0.0125. The highest BCUT2D eigenvalue weighted by molar-refractivity contribution is 5.94. The van der Waals surface area contributed by atoms with Gasteiger partial charge in [-0.2, -0.15) is 0 Å². The van der Waals surface area contributed by atoms with Crippen LogP contribution in [0.4, 0.5) is 13.2 Å². The Morgan fingerprint density at radius 3 is 2.30 bits per heavy atom. The lowest BCUT2D eigenvalue weighted by Crippen LogP contribution is -2.54. The topological polar surface area (TPSA) is 58.6 Å². The van der Waals surface area contributed by atoms with Gasteiger partial charge >= 0.3 is 0 Å². The monoisotopic (exact) mass is 289 g/mol. The first-order valence-corrected chi connectivity index (χ1v) is 6.13. The second kappa shape index (κ2) is 5.80. The number of carbonyl (C=O) groups excluding carboxylic acids is 1. The van der Waals surface area contributed by atoms with Crippen molar-refractivity contribution in [2.45, 2.75) is 18.4 Å². The molecule has 2 rings (SSSR count). The highest BCUT2D eigenvalue weighted by Gasteiger charge is 2.34. The zero-order chi connectivity index (χ0) is 14.8. The summed E-state index contributed by atoms with van der Waals surface area (Å²) in [6.07, 6.45) is 0.781. The molecule has 4 nitrogen and oxygen atoms in total. The third-order valence-corrected chi connectivity index (χ3v) is 3.38. The fraction of sp³-hybridized carbons (Fsp3) is 0.462. The van der Waals surface area contributed by atoms with Crippen molar-refractivity contribution in [3.05, 3.63) is 35.1 Å². The minimum Gasteiger partial charge on any atom is -0.394 e. The highest BCUT2D eigenvalue weighted by atomic mass is 19.2. The second-order valence-electron chi connectivity index (χ2n) is 4.76. The maximum Gasteiger partial charge on any atom is 0.252 e. The molecule has 20 heavy (non-hydrogen) atoms. The first-order chi connectivity index (χ1) is 9.47. The van der Waals surface area contributed by atoms with Crippen molar-refractivity contribution >= 4 is 5.91 Å². The Hall–Kier alpha value is -1.60. The zero-order valence-electron chi connectivity index (χ0n) is 10.6. The van der Waals surface area contributed by atoms with Crippen molar-refractivity contribution in [2.75, 3.05) is 19.8 Å². The van der Waals surface area contributed by atoms with Crippen molar-refractivity contribution < 1.29 is 27.8 Å². The third kappa shape index (κ3) is 2.94. The average molecular weight is 289 g/mol. The van der Waals surface area contributed by atoms with Gasteiger partial charge in [0.25, 0.3) is 5.91 Å². The van der Waals surface area contributed by atoms with E-state index < -0.39 is 28.9 Å². The van der Waals surface area contributed by atoms with Crippen LogP contribution in [-0.2, 0) is 4.74 Å². The van der Waals surface area contributed by atoms with Crippen LogP contribution in [0.1, 0.15) is 23.2 Å². The number of carbonyl (C=O) groups is 1. The van der Waals surface area contributed by atoms with Gasteiger partial charge in [0.1, 0.15) is 0 Å². The maximum absolute atomic E-state index is 13.1. The molecule has 1 fully saturated rings. The van der Waals surface area contributed by atoms with Gasteiger partial charge in [-0.05, 0) is 25.0 Å². The van der Waals surface area contributed by atoms with Crippen LogP contribution in [0, 0.1) is 17.5 Å². The highest BCUT2D eigenvalue weighted by Crippen LogP contribution is 2.21. The van der Waals surface area contributed by atoms with E-state index in [2.05, 4.69) is 5.32 Å². The quantitative estimate of drug-likeness (QED) is 0.826. The summed E-state index contributed by atoms with van der Waals surface area (Å²) in [5.74, 6) is -5.25. The molecule has 0 bridgehead atoms. The van der Waals surface area contributed by atoms with E-state index in [9.17, 15) is 23.1 Å². The van der Waals surface area contributed by atoms with Gasteiger partial charge in [0.15, 0.2) is 17.5 Å². The van der Waals surface area contributed by atoms with Crippen LogP contribution in [0.15, 0.2) is 12.1 Å². The van der Waals surface area contributed by atoms with E-state index in [-0.39, 0.29) is 12.2 Å². The predicted octanol–water partition coefficient (Wildman–Crippen LogP) is 1.38. The molecular formula is C13H14F3NO3. The number of aliphatic hydroxyl groups is 1. The number of hydrogen-bond donors (Lipinski definition) is 2. The molecule has 0 aliphatic carbocycles. The average Bonchev–Trinajstić information content (AvgIpc) is 2.45. The van der Waals surface area contributed by atoms with Crippen molar-refractivity contribution in [2.24, 2.45) is 0 Å². The zero-order valence-corrected chi connectivity index (χ0v) is 10.6. The molecule has 0 aromatic heterocycles. The number of amides is 1. The lowest BCUT2D eigenvalue weighted by atomic mass is 9.90. The van der Waals surface area contributed by atoms with Gasteiger partial charge in [0.2, 0.25) is 0 Å². The van der Waals surface area contributed by atoms with Crippen molar-refractivity contribution in [1.82, 2.24) is 5.32 Å². The van der Waals surface area contributed by atoms with E-state index in [1.165, 1.54) is 0 Å². The van der Waals surface area contributed by atoms with E-state index in [0.717, 1.165) is 0 Å². The molecule has 1 aliphatic heterocycles. The summed E-state index contributed by atoms with van der Waals surface area (Å²) in [6, 6.07) is 1.25. The molecule has 1 aromatic carbocycles. The molecule has 1 saturated heterocycles. The van der Waals surface area contributed by atoms with E-state index in [1.807, 2.05) is 0 Å². The first-order valence-electron chi connectivity index (χ1n) is 6.13. The van der Waals surface area contributed by atoms with Crippen LogP contribution < -0.4 is 5.32 Å². The van der Waals surface area contributed by atoms with Crippen molar-refractivity contribution in [3.8, 4) is 0 Å². The minimum atomic E-state index is -1.62. The molecule has 1 amide bonds. The summed E-state index contributed by atoms with van der Waals surface area (Å²) in [6.45, 7) is 0.425. The summed E-state index contributed by atoms with van der Waals surface area (Å²) in [5, 5.41) is 12.0. The van der Waals surface area contributed by atoms with Crippen LogP contribution in [-0.4, -0.2) is 36.4 Å². The molecule has 1 aromatic rings. The van der Waals surface area contributed by atoms with Crippen molar-refractivity contribution in [1.29, 1.82) is 0 Å². The molecule has 0 atom stereocenters. The summed E-state index contributed by atoms with van der Waals surface area (Å²) in [7, 11) is 0. The summed E-state index contributed by atoms with van der Waals surface area (Å²) in [5.41, 5.74) is -1.21. The van der Waals surface area contributed by atoms with Gasteiger partial charge in [-0.25, -0.2) is 13.2 Å². The summed E-state index contributed by atoms with van der Waals surface area (Å²) in [4.78, 5) is 12.0. The minimum absolute atomic E-state index is 0.311. The third-order valence-electron chi connectivity index (χ3n) is 3.38. The van der Waals surface area contributed by atoms with Crippen molar-refractivity contribution in [3.63, 3.8) is 0 Å². The Morgan fingerprint density at radius 1 is 1.25 bits per heavy atom. The standard InChI is InChI=1S/C13H14F3NO3/c14-9-5-8(6-10(15)11(9)16)12(19)17-13(7-18)1-3-20-4-2-13/h5-6,18H,1-4,7H2,(H,17,19). The van der Waals surface area contributed by atoms with E-state index in [0.29, 0.717) is 38.2 Å². The van der Waals surface area contributed by atoms with Gasteiger partial charge in [0, 0.05) is 18.8 Å². The van der Waals surface area contributed by atoms with Gasteiger partial charge < -0.3 is 15.2 Å². The maximum atomic E-state index is 13.1. The van der Waals surface area contributed by atoms with Crippen LogP contribution >= 0.6 is 0 Å². The Kier molecular flexibility index (Phi) is 4.29. The molecule has 2 N–H and O–H groups in total. The normalized spacial score (nSPS) is 17.8. The molecule has 0 spiro atoms. The SMILES string of the molecule is O=C(NC1(CO)CCOCC1)c1cc(F)c(F)c(F)c1. The number of rotatable bonds is 3. The molecule has 110 valence electrons. The number of aliphatic hydroxyl groups excluding tert-OH is 1. The van der Waals surface area contributed by atoms with Crippen LogP contribution in [0.25, 0.3) is 0 Å². The Morgan fingerprint density at radius 2 is 1.80 bits per heavy atom. The molecule has 7 heteroatoms. The Labute approximate surface area is 113 Å². The van der Waals surface area contributed by atoms with Crippen LogP contribution in [0.2, 0.25) is 0 Å². The molecule has 0 saturated carbocycles. The van der Waals surface area contributed by atoms with E-state index in [4.69, 9.17) is 4.74 Å². The fourth-order valence-corrected chi connectivity index (χ4v) is 2.08. The number of benzene rings is 1. The number of hydrogen-bond acceptors (Lipinski definition) is 3. The molecule has 0 unspecified atom stereocenters. The smallest absolute Gasteiger partial charge is 0.252 e. The van der Waals surface area contributed by atoms with E-state index in [1.54, 1.807) is 0 Å². The van der Waals surface area contributed by atoms with Gasteiger partial charge in [-0.15, -0.1) is 0 Å². The second-order valence-corrected chi connectivity index (χ2v) is 4.76. The lowest BCUT2D eigenvalue weighted by Gasteiger charge is -2.36. The number of nitrogens with one attached hydrogen (secondary N) is 1. The molecule has 1 heterocycles. The number of ether oxygens (including phenoxy) is 1. The molecule has 0 radical (unpaired) electrons. The van der Waals surface area contributed by atoms with Gasteiger partial charge in [0.05, 0.1) is 12.1 Å². The van der Waals surface area contributed by atoms with Crippen LogP contribution in [0.5, 0.6) is 0 Å². The van der Waals surface area contributed by atoms with E-state index >= 15 is 0 Å². The largest absolute Gasteiger partial charge is 0.394 e. The summed E-state index contributed by atoms with van der Waals surface area (Å²) < 4.78 is 44.2. The number of halogens is 3. The molecular weight excluding hydrogens is 275 g/mol. The first kappa shape index (κ1) is 14.8. The van der Waals surface area contributed by atoms with Crippen LogP contribution in [0.3, 0.4) is 0 Å². The van der Waals surface area contributed by atoms with Gasteiger partial charge in [-0.3, -0.25) is 4.79 Å². The Bertz CT molecular complexity index is 493. The molecule has 1 aliphatic rings. The Balaban J connectivity index is 2.19. The fourth-order valence-electron chi connectivity index (χ4n) is 2.08. The predicted molar refractivity (Wildman–Crippen MR) is 63.7 cm³/mol.